The van der Waals surface area contributed by atoms with E-state index in [2.05, 4.69) is 4.98 Å². The number of aromatic nitrogens is 1. The predicted octanol–water partition coefficient (Wildman–Crippen LogP) is 3.69. The molecule has 0 unspecified atom stereocenters. The van der Waals surface area contributed by atoms with Gasteiger partial charge in [0.1, 0.15) is 5.52 Å². The quantitative estimate of drug-likeness (QED) is 0.658. The molecule has 0 aliphatic rings. The number of hydrogen-bond donors (Lipinski definition) is 1. The molecule has 2 aromatic carbocycles. The Morgan fingerprint density at radius 3 is 2.44 bits per heavy atom. The highest BCUT2D eigenvalue weighted by Crippen LogP contribution is 2.31. The van der Waals surface area contributed by atoms with E-state index in [4.69, 9.17) is 10.2 Å². The van der Waals surface area contributed by atoms with Crippen LogP contribution in [-0.4, -0.2) is 4.98 Å². The molecule has 0 aliphatic carbocycles. The first kappa shape index (κ1) is 10.8. The smallest absolute Gasteiger partial charge is 0.229 e. The first-order valence-electron chi connectivity index (χ1n) is 5.88. The Bertz CT molecular complexity index is 708. The molecule has 0 atom stereocenters. The normalized spacial score (nSPS) is 11.0. The lowest BCUT2D eigenvalue weighted by atomic mass is 10.1. The summed E-state index contributed by atoms with van der Waals surface area (Å²) in [5.41, 5.74) is 11.5. The lowest BCUT2D eigenvalue weighted by molar-refractivity contribution is 0.619. The predicted molar refractivity (Wildman–Crippen MR) is 73.3 cm³/mol. The minimum absolute atomic E-state index is 0.593. The maximum atomic E-state index is 6.01. The van der Waals surface area contributed by atoms with Crippen LogP contribution in [0.4, 0.5) is 5.69 Å². The number of benzene rings is 2. The van der Waals surface area contributed by atoms with Crippen molar-refractivity contribution in [1.29, 1.82) is 0 Å². The van der Waals surface area contributed by atoms with Gasteiger partial charge in [0, 0.05) is 5.69 Å². The summed E-state index contributed by atoms with van der Waals surface area (Å²) in [4.78, 5) is 4.56. The molecule has 3 rings (SSSR count). The highest BCUT2D eigenvalue weighted by molar-refractivity contribution is 5.82. The summed E-state index contributed by atoms with van der Waals surface area (Å²) in [5, 5.41) is 0. The van der Waals surface area contributed by atoms with Crippen LogP contribution in [0.2, 0.25) is 0 Å². The molecule has 3 heteroatoms. The fraction of sp³-hybridized carbons (Fsp3) is 0.133. The molecule has 0 bridgehead atoms. The Morgan fingerprint density at radius 2 is 1.72 bits per heavy atom. The fourth-order valence-electron chi connectivity index (χ4n) is 2.18. The van der Waals surface area contributed by atoms with Gasteiger partial charge in [-0.05, 0) is 37.1 Å². The van der Waals surface area contributed by atoms with Crippen molar-refractivity contribution in [2.24, 2.45) is 0 Å². The standard InChI is InChI=1S/C15H14N2O/c1-9-5-3-7-11(16)13(9)15-17-14-10(2)6-4-8-12(14)18-15/h3-8H,16H2,1-2H3. The average molecular weight is 238 g/mol. The zero-order chi connectivity index (χ0) is 12.7. The second-order valence-electron chi connectivity index (χ2n) is 4.48. The van der Waals surface area contributed by atoms with Gasteiger partial charge < -0.3 is 10.2 Å². The van der Waals surface area contributed by atoms with Crippen LogP contribution in [0, 0.1) is 13.8 Å². The van der Waals surface area contributed by atoms with Crippen molar-refractivity contribution in [3.8, 4) is 11.5 Å². The molecule has 0 saturated carbocycles. The highest BCUT2D eigenvalue weighted by atomic mass is 16.3. The molecule has 90 valence electrons. The van der Waals surface area contributed by atoms with E-state index in [-0.39, 0.29) is 0 Å². The molecule has 0 spiro atoms. The summed E-state index contributed by atoms with van der Waals surface area (Å²) < 4.78 is 5.81. The lowest BCUT2D eigenvalue weighted by Crippen LogP contribution is -1.92. The number of anilines is 1. The Hall–Kier alpha value is -2.29. The van der Waals surface area contributed by atoms with Crippen LogP contribution >= 0.6 is 0 Å². The van der Waals surface area contributed by atoms with Crippen LogP contribution in [0.3, 0.4) is 0 Å². The summed E-state index contributed by atoms with van der Waals surface area (Å²) in [6.45, 7) is 4.03. The second-order valence-corrected chi connectivity index (χ2v) is 4.48. The molecule has 0 radical (unpaired) electrons. The van der Waals surface area contributed by atoms with Crippen LogP contribution in [0.25, 0.3) is 22.6 Å². The summed E-state index contributed by atoms with van der Waals surface area (Å²) >= 11 is 0. The van der Waals surface area contributed by atoms with Gasteiger partial charge in [-0.15, -0.1) is 0 Å². The van der Waals surface area contributed by atoms with Gasteiger partial charge >= 0.3 is 0 Å². The first-order chi connectivity index (χ1) is 8.66. The molecule has 3 aromatic rings. The molecule has 0 saturated heterocycles. The number of aryl methyl sites for hydroxylation is 2. The van der Waals surface area contributed by atoms with Crippen molar-refractivity contribution in [2.45, 2.75) is 13.8 Å². The van der Waals surface area contributed by atoms with Crippen molar-refractivity contribution < 1.29 is 4.42 Å². The van der Waals surface area contributed by atoms with E-state index < -0.39 is 0 Å². The number of para-hydroxylation sites is 1. The van der Waals surface area contributed by atoms with Crippen LogP contribution in [-0.2, 0) is 0 Å². The molecule has 18 heavy (non-hydrogen) atoms. The van der Waals surface area contributed by atoms with Crippen molar-refractivity contribution >= 4 is 16.8 Å². The average Bonchev–Trinajstić information content (AvgIpc) is 2.74. The molecule has 2 N–H and O–H groups in total. The number of hydrogen-bond acceptors (Lipinski definition) is 3. The van der Waals surface area contributed by atoms with Crippen molar-refractivity contribution in [3.05, 3.63) is 47.5 Å². The molecular formula is C15H14N2O. The van der Waals surface area contributed by atoms with Gasteiger partial charge in [0.2, 0.25) is 5.89 Å². The lowest BCUT2D eigenvalue weighted by Gasteiger charge is -2.04. The third kappa shape index (κ3) is 1.56. The van der Waals surface area contributed by atoms with E-state index in [0.717, 1.165) is 27.8 Å². The largest absolute Gasteiger partial charge is 0.436 e. The van der Waals surface area contributed by atoms with Gasteiger partial charge in [-0.25, -0.2) is 4.98 Å². The Labute approximate surface area is 105 Å². The van der Waals surface area contributed by atoms with Crippen molar-refractivity contribution in [2.75, 3.05) is 5.73 Å². The number of rotatable bonds is 1. The van der Waals surface area contributed by atoms with Gasteiger partial charge in [0.25, 0.3) is 0 Å². The number of nitrogen functional groups attached to an aromatic ring is 1. The molecular weight excluding hydrogens is 224 g/mol. The maximum Gasteiger partial charge on any atom is 0.229 e. The van der Waals surface area contributed by atoms with E-state index in [1.807, 2.05) is 50.2 Å². The van der Waals surface area contributed by atoms with Gasteiger partial charge in [-0.2, -0.15) is 0 Å². The van der Waals surface area contributed by atoms with Crippen molar-refractivity contribution in [1.82, 2.24) is 4.98 Å². The molecule has 1 heterocycles. The zero-order valence-corrected chi connectivity index (χ0v) is 10.4. The van der Waals surface area contributed by atoms with E-state index >= 15 is 0 Å². The van der Waals surface area contributed by atoms with Gasteiger partial charge in [0.05, 0.1) is 5.56 Å². The van der Waals surface area contributed by atoms with Crippen LogP contribution in [0.1, 0.15) is 11.1 Å². The topological polar surface area (TPSA) is 52.0 Å². The van der Waals surface area contributed by atoms with Gasteiger partial charge in [-0.3, -0.25) is 0 Å². The number of fused-ring (bicyclic) bond motifs is 1. The second kappa shape index (κ2) is 3.88. The molecule has 0 fully saturated rings. The van der Waals surface area contributed by atoms with Gasteiger partial charge in [0.15, 0.2) is 5.58 Å². The first-order valence-corrected chi connectivity index (χ1v) is 5.88. The van der Waals surface area contributed by atoms with Crippen LogP contribution in [0.15, 0.2) is 40.8 Å². The fourth-order valence-corrected chi connectivity index (χ4v) is 2.18. The zero-order valence-electron chi connectivity index (χ0n) is 10.4. The van der Waals surface area contributed by atoms with Gasteiger partial charge in [-0.1, -0.05) is 24.3 Å². The number of nitrogens with zero attached hydrogens (tertiary/aromatic N) is 1. The summed E-state index contributed by atoms with van der Waals surface area (Å²) in [6, 6.07) is 11.7. The summed E-state index contributed by atoms with van der Waals surface area (Å²) in [7, 11) is 0. The van der Waals surface area contributed by atoms with E-state index in [0.29, 0.717) is 11.6 Å². The Balaban J connectivity index is 2.30. The van der Waals surface area contributed by atoms with Crippen molar-refractivity contribution in [3.63, 3.8) is 0 Å². The van der Waals surface area contributed by atoms with E-state index in [1.54, 1.807) is 0 Å². The minimum atomic E-state index is 0.593. The van der Waals surface area contributed by atoms with E-state index in [1.165, 1.54) is 0 Å². The Morgan fingerprint density at radius 1 is 1.00 bits per heavy atom. The summed E-state index contributed by atoms with van der Waals surface area (Å²) in [5.74, 6) is 0.593. The molecule has 3 nitrogen and oxygen atoms in total. The molecule has 0 aliphatic heterocycles. The maximum absolute atomic E-state index is 6.01. The number of oxazole rings is 1. The summed E-state index contributed by atoms with van der Waals surface area (Å²) in [6.07, 6.45) is 0. The third-order valence-corrected chi connectivity index (χ3v) is 3.14. The number of nitrogens with two attached hydrogens (primary N) is 1. The van der Waals surface area contributed by atoms with Crippen LogP contribution in [0.5, 0.6) is 0 Å². The third-order valence-electron chi connectivity index (χ3n) is 3.14. The SMILES string of the molecule is Cc1cccc(N)c1-c1nc2c(C)cccc2o1. The molecule has 0 amide bonds. The molecule has 1 aromatic heterocycles. The Kier molecular flexibility index (Phi) is 2.33. The van der Waals surface area contributed by atoms with E-state index in [9.17, 15) is 0 Å². The highest BCUT2D eigenvalue weighted by Gasteiger charge is 2.14. The van der Waals surface area contributed by atoms with Crippen LogP contribution < -0.4 is 5.73 Å². The minimum Gasteiger partial charge on any atom is -0.436 e. The monoisotopic (exact) mass is 238 g/mol.